The largest absolute Gasteiger partial charge is 0.355 e. The maximum absolute atomic E-state index is 5.39. The molecule has 1 aliphatic carbocycles. The summed E-state index contributed by atoms with van der Waals surface area (Å²) < 4.78 is 0. The van der Waals surface area contributed by atoms with Crippen molar-refractivity contribution in [3.05, 3.63) is 155 Å². The molecule has 2 N–H and O–H groups in total. The molecule has 0 spiro atoms. The Morgan fingerprint density at radius 2 is 0.938 bits per heavy atom. The topological polar surface area (TPSA) is 57.4 Å². The fourth-order valence-corrected chi connectivity index (χ4v) is 7.96. The van der Waals surface area contributed by atoms with Crippen LogP contribution in [0.1, 0.15) is 34.6 Å². The lowest BCUT2D eigenvalue weighted by atomic mass is 9.84. The first-order chi connectivity index (χ1) is 23.7. The van der Waals surface area contributed by atoms with Gasteiger partial charge in [0.25, 0.3) is 0 Å². The standard InChI is InChI=1S/C44H28N4/c1-3-7-27-15-31-19-39-37(17-29(31)13-25(27)5-1)41-22-35-11-9-33(45-35)21-34-10-12-36(46-34)23-42-38-18-30-14-26-6-2-4-8-28(26)16-32(30)20-40(38)44(48-42)24-43(39)47-41/h1-24,37,39,45,48H. The van der Waals surface area contributed by atoms with Gasteiger partial charge in [-0.2, -0.15) is 0 Å². The number of aromatic nitrogens is 4. The number of nitrogens with one attached hydrogen (secondary N) is 2. The molecule has 0 amide bonds. The lowest BCUT2D eigenvalue weighted by Gasteiger charge is -2.17. The van der Waals surface area contributed by atoms with E-state index in [1.165, 1.54) is 53.5 Å². The molecule has 8 bridgehead atoms. The summed E-state index contributed by atoms with van der Waals surface area (Å²) in [4.78, 5) is 17.7. The Balaban J connectivity index is 1.25. The highest BCUT2D eigenvalue weighted by molar-refractivity contribution is 6.14. The summed E-state index contributed by atoms with van der Waals surface area (Å²) in [5.74, 6) is 0.255. The summed E-state index contributed by atoms with van der Waals surface area (Å²) in [6.45, 7) is 0. The van der Waals surface area contributed by atoms with E-state index in [1.54, 1.807) is 0 Å². The molecular formula is C44H28N4. The second-order valence-corrected chi connectivity index (χ2v) is 13.3. The number of H-pyrrole nitrogens is 2. The summed E-state index contributed by atoms with van der Waals surface area (Å²) in [5.41, 5.74) is 8.15. The molecule has 2 unspecified atom stereocenters. The zero-order valence-electron chi connectivity index (χ0n) is 25.9. The van der Waals surface area contributed by atoms with Crippen LogP contribution in [0.2, 0.25) is 0 Å². The fourth-order valence-electron chi connectivity index (χ4n) is 7.96. The molecule has 48 heavy (non-hydrogen) atoms. The van der Waals surface area contributed by atoms with Gasteiger partial charge in [-0.1, -0.05) is 60.7 Å². The Morgan fingerprint density at radius 1 is 0.417 bits per heavy atom. The summed E-state index contributed by atoms with van der Waals surface area (Å²) in [6.07, 6.45) is 9.02. The lowest BCUT2D eigenvalue weighted by Crippen LogP contribution is -2.30. The molecule has 4 nitrogen and oxygen atoms in total. The van der Waals surface area contributed by atoms with Gasteiger partial charge in [0.15, 0.2) is 0 Å². The third-order valence-electron chi connectivity index (χ3n) is 10.3. The van der Waals surface area contributed by atoms with E-state index in [2.05, 4.69) is 156 Å². The summed E-state index contributed by atoms with van der Waals surface area (Å²) in [7, 11) is 0. The highest BCUT2D eigenvalue weighted by Gasteiger charge is 2.31. The van der Waals surface area contributed by atoms with E-state index in [0.29, 0.717) is 0 Å². The molecule has 8 aromatic rings. The number of benzene rings is 5. The van der Waals surface area contributed by atoms with Crippen LogP contribution in [0.25, 0.3) is 89.5 Å². The smallest absolute Gasteiger partial charge is 0.0658 e. The van der Waals surface area contributed by atoms with E-state index in [1.807, 2.05) is 0 Å². The average Bonchev–Trinajstić information content (AvgIpc) is 3.89. The summed E-state index contributed by atoms with van der Waals surface area (Å²) >= 11 is 0. The number of hydrogen-bond acceptors (Lipinski definition) is 2. The highest BCUT2D eigenvalue weighted by atomic mass is 14.8. The molecule has 0 saturated carbocycles. The Labute approximate surface area is 275 Å². The second-order valence-electron chi connectivity index (χ2n) is 13.3. The molecule has 224 valence electrons. The normalized spacial score (nSPS) is 16.6. The number of nitrogens with zero attached hydrogens (tertiary/aromatic N) is 2. The van der Waals surface area contributed by atoms with Crippen molar-refractivity contribution in [2.45, 2.75) is 11.8 Å². The minimum absolute atomic E-state index is 0.121. The van der Waals surface area contributed by atoms with Gasteiger partial charge in [0, 0.05) is 44.7 Å². The van der Waals surface area contributed by atoms with Gasteiger partial charge in [-0.15, -0.1) is 0 Å². The van der Waals surface area contributed by atoms with E-state index in [4.69, 9.17) is 9.97 Å². The zero-order valence-corrected chi connectivity index (χ0v) is 25.9. The van der Waals surface area contributed by atoms with E-state index >= 15 is 0 Å². The van der Waals surface area contributed by atoms with Gasteiger partial charge in [0.2, 0.25) is 0 Å². The molecule has 2 aliphatic heterocycles. The van der Waals surface area contributed by atoms with Crippen molar-refractivity contribution in [3.63, 3.8) is 0 Å². The predicted octanol–water partition coefficient (Wildman–Crippen LogP) is 9.24. The zero-order chi connectivity index (χ0) is 31.3. The van der Waals surface area contributed by atoms with Gasteiger partial charge in [-0.3, -0.25) is 4.98 Å². The van der Waals surface area contributed by atoms with E-state index in [9.17, 15) is 0 Å². The summed E-state index contributed by atoms with van der Waals surface area (Å²) in [5, 5.41) is 12.4. The maximum Gasteiger partial charge on any atom is 0.0658 e. The van der Waals surface area contributed by atoms with E-state index < -0.39 is 0 Å². The van der Waals surface area contributed by atoms with Crippen molar-refractivity contribution in [1.29, 1.82) is 0 Å². The Bertz CT molecular complexity index is 3030. The number of rotatable bonds is 0. The SMILES string of the molecule is C1=Cc2cc3[nH]c(cc4nc(cc5ccc(cc1n2)[nH]5)C1C=c2cc5ccccc5cc2=CC41)c1cc2cc4ccccc4cc2cc31. The molecular weight excluding hydrogens is 585 g/mol. The van der Waals surface area contributed by atoms with Crippen molar-refractivity contribution >= 4 is 89.5 Å². The molecule has 3 aromatic heterocycles. The Morgan fingerprint density at radius 3 is 1.56 bits per heavy atom. The van der Waals surface area contributed by atoms with E-state index in [0.717, 1.165) is 44.8 Å². The van der Waals surface area contributed by atoms with Crippen molar-refractivity contribution in [1.82, 2.24) is 19.9 Å². The number of aromatic amines is 2. The van der Waals surface area contributed by atoms with Gasteiger partial charge in [0.1, 0.15) is 0 Å². The molecule has 2 atom stereocenters. The molecule has 11 rings (SSSR count). The molecule has 3 aliphatic rings. The van der Waals surface area contributed by atoms with Crippen LogP contribution in [0, 0.1) is 0 Å². The molecule has 5 heterocycles. The van der Waals surface area contributed by atoms with Crippen LogP contribution in [0.3, 0.4) is 0 Å². The van der Waals surface area contributed by atoms with Crippen molar-refractivity contribution < 1.29 is 0 Å². The highest BCUT2D eigenvalue weighted by Crippen LogP contribution is 2.41. The minimum atomic E-state index is 0.121. The average molecular weight is 613 g/mol. The number of fused-ring (bicyclic) bond motifs is 18. The van der Waals surface area contributed by atoms with Crippen LogP contribution in [0.5, 0.6) is 0 Å². The quantitative estimate of drug-likeness (QED) is 0.168. The van der Waals surface area contributed by atoms with Gasteiger partial charge in [-0.05, 0) is 128 Å². The second kappa shape index (κ2) is 9.63. The predicted molar refractivity (Wildman–Crippen MR) is 200 cm³/mol. The van der Waals surface area contributed by atoms with Crippen molar-refractivity contribution in [3.8, 4) is 0 Å². The monoisotopic (exact) mass is 612 g/mol. The van der Waals surface area contributed by atoms with Crippen LogP contribution in [0.15, 0.2) is 121 Å². The minimum Gasteiger partial charge on any atom is -0.355 e. The Hall–Kier alpha value is -6.26. The van der Waals surface area contributed by atoms with Crippen LogP contribution >= 0.6 is 0 Å². The van der Waals surface area contributed by atoms with Gasteiger partial charge in [0.05, 0.1) is 22.8 Å². The molecule has 5 aromatic carbocycles. The van der Waals surface area contributed by atoms with Gasteiger partial charge in [-0.25, -0.2) is 4.98 Å². The van der Waals surface area contributed by atoms with E-state index in [-0.39, 0.29) is 11.8 Å². The Kier molecular flexibility index (Phi) is 5.19. The van der Waals surface area contributed by atoms with Crippen molar-refractivity contribution in [2.24, 2.45) is 0 Å². The van der Waals surface area contributed by atoms with Gasteiger partial charge < -0.3 is 9.97 Å². The van der Waals surface area contributed by atoms with Crippen LogP contribution in [0.4, 0.5) is 0 Å². The lowest BCUT2D eigenvalue weighted by molar-refractivity contribution is 0.835. The summed E-state index contributed by atoms with van der Waals surface area (Å²) in [6, 6.07) is 44.1. The van der Waals surface area contributed by atoms with Gasteiger partial charge >= 0.3 is 0 Å². The van der Waals surface area contributed by atoms with Crippen LogP contribution < -0.4 is 10.4 Å². The number of hydrogen-bond donors (Lipinski definition) is 2. The third kappa shape index (κ3) is 4.02. The maximum atomic E-state index is 5.39. The fraction of sp³-hybridized carbons (Fsp3) is 0.0455. The molecule has 4 heteroatoms. The molecule has 0 fully saturated rings. The van der Waals surface area contributed by atoms with Crippen LogP contribution in [-0.2, 0) is 0 Å². The first-order valence-electron chi connectivity index (χ1n) is 16.5. The molecule has 0 saturated heterocycles. The van der Waals surface area contributed by atoms with Crippen LogP contribution in [-0.4, -0.2) is 19.9 Å². The first kappa shape index (κ1) is 25.9. The first-order valence-corrected chi connectivity index (χ1v) is 16.5. The molecule has 0 radical (unpaired) electrons. The van der Waals surface area contributed by atoms with Crippen molar-refractivity contribution in [2.75, 3.05) is 0 Å². The third-order valence-corrected chi connectivity index (χ3v) is 10.3.